The Morgan fingerprint density at radius 3 is 2.45 bits per heavy atom. The Labute approximate surface area is 63.6 Å². The van der Waals surface area contributed by atoms with E-state index >= 15 is 0 Å². The second-order valence-corrected chi connectivity index (χ2v) is 1.73. The zero-order valence-electron chi connectivity index (χ0n) is 6.33. The molecular weight excluding hydrogens is 150 g/mol. The maximum Gasteiger partial charge on any atom is 0.363 e. The summed E-state index contributed by atoms with van der Waals surface area (Å²) in [4.78, 5) is 20.5. The van der Waals surface area contributed by atoms with E-state index in [1.165, 1.54) is 0 Å². The van der Waals surface area contributed by atoms with Crippen molar-refractivity contribution < 1.29 is 14.6 Å². The lowest BCUT2D eigenvalue weighted by Crippen LogP contribution is -2.05. The number of methoxy groups -OCH3 is 1. The third-order valence-corrected chi connectivity index (χ3v) is 1.08. The second kappa shape index (κ2) is 4.43. The molecular formula is C6H9NO4. The average Bonchev–Trinajstić information content (AvgIpc) is 2.05. The van der Waals surface area contributed by atoms with Crippen LogP contribution in [-0.2, 0) is 9.53 Å². The number of allylic oxidation sites excluding steroid dienone is 1. The van der Waals surface area contributed by atoms with E-state index in [0.29, 0.717) is 0 Å². The summed E-state index contributed by atoms with van der Waals surface area (Å²) in [6, 6.07) is 0. The van der Waals surface area contributed by atoms with Crippen molar-refractivity contribution in [2.24, 2.45) is 5.18 Å². The first-order chi connectivity index (χ1) is 5.17. The van der Waals surface area contributed by atoms with Crippen molar-refractivity contribution in [2.75, 3.05) is 7.11 Å². The van der Waals surface area contributed by atoms with E-state index in [-0.39, 0.29) is 12.2 Å². The first kappa shape index (κ1) is 9.61. The van der Waals surface area contributed by atoms with Crippen molar-refractivity contribution in [2.45, 2.75) is 13.3 Å². The molecule has 0 radical (unpaired) electrons. The van der Waals surface area contributed by atoms with Crippen LogP contribution < -0.4 is 0 Å². The van der Waals surface area contributed by atoms with Crippen LogP contribution in [0.15, 0.2) is 16.6 Å². The number of aliphatic hydroxyl groups is 1. The lowest BCUT2D eigenvalue weighted by Gasteiger charge is -1.97. The standard InChI is InChI=1S/C6H9NO4/c1-3-4(8)5(7-10)6(9)11-2/h8H,3H2,1-2H3. The van der Waals surface area contributed by atoms with E-state index in [1.807, 2.05) is 0 Å². The summed E-state index contributed by atoms with van der Waals surface area (Å²) >= 11 is 0. The molecule has 5 heteroatoms. The van der Waals surface area contributed by atoms with Crippen LogP contribution in [-0.4, -0.2) is 18.2 Å². The van der Waals surface area contributed by atoms with Gasteiger partial charge in [-0.15, -0.1) is 4.91 Å². The van der Waals surface area contributed by atoms with Gasteiger partial charge < -0.3 is 9.84 Å². The van der Waals surface area contributed by atoms with Gasteiger partial charge in [0.2, 0.25) is 5.70 Å². The molecule has 0 aliphatic rings. The highest BCUT2D eigenvalue weighted by Crippen LogP contribution is 2.07. The fraction of sp³-hybridized carbons (Fsp3) is 0.500. The maximum absolute atomic E-state index is 10.6. The number of nitroso groups, excluding NO2 is 1. The van der Waals surface area contributed by atoms with Crippen molar-refractivity contribution in [3.63, 3.8) is 0 Å². The summed E-state index contributed by atoms with van der Waals surface area (Å²) < 4.78 is 4.18. The van der Waals surface area contributed by atoms with Gasteiger partial charge in [0.05, 0.1) is 7.11 Å². The Balaban J connectivity index is 4.64. The molecule has 0 aromatic rings. The smallest absolute Gasteiger partial charge is 0.363 e. The van der Waals surface area contributed by atoms with Crippen molar-refractivity contribution in [1.82, 2.24) is 0 Å². The summed E-state index contributed by atoms with van der Waals surface area (Å²) in [5.74, 6) is -1.27. The van der Waals surface area contributed by atoms with Gasteiger partial charge >= 0.3 is 5.97 Å². The molecule has 0 spiro atoms. The highest BCUT2D eigenvalue weighted by atomic mass is 16.5. The Hall–Kier alpha value is -1.39. The van der Waals surface area contributed by atoms with Crippen molar-refractivity contribution in [3.05, 3.63) is 16.4 Å². The van der Waals surface area contributed by atoms with Gasteiger partial charge in [0, 0.05) is 6.42 Å². The van der Waals surface area contributed by atoms with Gasteiger partial charge in [0.15, 0.2) is 0 Å². The normalized spacial score (nSPS) is 11.8. The lowest BCUT2D eigenvalue weighted by atomic mass is 10.3. The van der Waals surface area contributed by atoms with Crippen LogP contribution in [0.2, 0.25) is 0 Å². The van der Waals surface area contributed by atoms with Crippen LogP contribution in [0, 0.1) is 4.91 Å². The molecule has 0 heterocycles. The second-order valence-electron chi connectivity index (χ2n) is 1.73. The summed E-state index contributed by atoms with van der Waals surface area (Å²) in [5, 5.41) is 11.2. The number of esters is 1. The van der Waals surface area contributed by atoms with Crippen molar-refractivity contribution in [1.29, 1.82) is 0 Å². The molecule has 11 heavy (non-hydrogen) atoms. The fourth-order valence-electron chi connectivity index (χ4n) is 0.472. The minimum Gasteiger partial charge on any atom is -0.510 e. The maximum atomic E-state index is 10.6. The number of aliphatic hydroxyl groups excluding tert-OH is 1. The number of nitrogens with zero attached hydrogens (tertiary/aromatic N) is 1. The Kier molecular flexibility index (Phi) is 3.87. The van der Waals surface area contributed by atoms with Gasteiger partial charge in [0.1, 0.15) is 5.76 Å². The Morgan fingerprint density at radius 1 is 1.64 bits per heavy atom. The van der Waals surface area contributed by atoms with Gasteiger partial charge in [-0.25, -0.2) is 4.79 Å². The molecule has 0 aliphatic heterocycles. The highest BCUT2D eigenvalue weighted by molar-refractivity contribution is 5.88. The minimum atomic E-state index is -0.917. The summed E-state index contributed by atoms with van der Waals surface area (Å²) in [6.07, 6.45) is 0.177. The van der Waals surface area contributed by atoms with E-state index in [4.69, 9.17) is 5.11 Å². The number of rotatable bonds is 3. The molecule has 0 rings (SSSR count). The molecule has 1 N–H and O–H groups in total. The number of hydrogen-bond donors (Lipinski definition) is 1. The Morgan fingerprint density at radius 2 is 2.18 bits per heavy atom. The number of hydrogen-bond acceptors (Lipinski definition) is 5. The molecule has 0 aromatic carbocycles. The van der Waals surface area contributed by atoms with E-state index in [1.54, 1.807) is 6.92 Å². The van der Waals surface area contributed by atoms with E-state index < -0.39 is 11.7 Å². The van der Waals surface area contributed by atoms with E-state index in [2.05, 4.69) is 9.91 Å². The highest BCUT2D eigenvalue weighted by Gasteiger charge is 2.14. The van der Waals surface area contributed by atoms with Crippen LogP contribution in [0.4, 0.5) is 0 Å². The Bertz CT molecular complexity index is 197. The number of carbonyl (C=O) groups excluding carboxylic acids is 1. The summed E-state index contributed by atoms with van der Waals surface area (Å²) in [7, 11) is 1.11. The molecule has 5 nitrogen and oxygen atoms in total. The zero-order valence-corrected chi connectivity index (χ0v) is 6.33. The molecule has 0 bridgehead atoms. The van der Waals surface area contributed by atoms with E-state index in [0.717, 1.165) is 7.11 Å². The third kappa shape index (κ3) is 2.37. The first-order valence-corrected chi connectivity index (χ1v) is 3.01. The molecule has 0 atom stereocenters. The molecule has 0 saturated carbocycles. The van der Waals surface area contributed by atoms with Crippen LogP contribution in [0.25, 0.3) is 0 Å². The molecule has 0 unspecified atom stereocenters. The monoisotopic (exact) mass is 159 g/mol. The number of carbonyl (C=O) groups is 1. The zero-order chi connectivity index (χ0) is 8.85. The summed E-state index contributed by atoms with van der Waals surface area (Å²) in [6.45, 7) is 1.59. The quantitative estimate of drug-likeness (QED) is 0.289. The average molecular weight is 159 g/mol. The predicted molar refractivity (Wildman–Crippen MR) is 37.8 cm³/mol. The van der Waals surface area contributed by atoms with Crippen LogP contribution in [0.1, 0.15) is 13.3 Å². The molecule has 0 saturated heterocycles. The minimum absolute atomic E-state index is 0.177. The van der Waals surface area contributed by atoms with Gasteiger partial charge in [-0.2, -0.15) is 0 Å². The van der Waals surface area contributed by atoms with Gasteiger partial charge in [-0.1, -0.05) is 6.92 Å². The van der Waals surface area contributed by atoms with E-state index in [9.17, 15) is 9.70 Å². The van der Waals surface area contributed by atoms with Crippen LogP contribution in [0.5, 0.6) is 0 Å². The molecule has 0 aromatic heterocycles. The van der Waals surface area contributed by atoms with Crippen molar-refractivity contribution >= 4 is 5.97 Å². The fourth-order valence-corrected chi connectivity index (χ4v) is 0.472. The molecule has 62 valence electrons. The molecule has 0 fully saturated rings. The lowest BCUT2D eigenvalue weighted by molar-refractivity contribution is -0.136. The van der Waals surface area contributed by atoms with Crippen molar-refractivity contribution in [3.8, 4) is 0 Å². The molecule has 0 amide bonds. The largest absolute Gasteiger partial charge is 0.510 e. The summed E-state index contributed by atoms with van der Waals surface area (Å²) in [5.41, 5.74) is -0.560. The third-order valence-electron chi connectivity index (χ3n) is 1.08. The first-order valence-electron chi connectivity index (χ1n) is 3.01. The molecule has 0 aliphatic carbocycles. The van der Waals surface area contributed by atoms with Gasteiger partial charge in [0.25, 0.3) is 0 Å². The topological polar surface area (TPSA) is 76.0 Å². The number of ether oxygens (including phenoxy) is 1. The van der Waals surface area contributed by atoms with Crippen LogP contribution in [0.3, 0.4) is 0 Å². The van der Waals surface area contributed by atoms with Gasteiger partial charge in [-0.3, -0.25) is 0 Å². The predicted octanol–water partition coefficient (Wildman–Crippen LogP) is 1.11. The SMILES string of the molecule is CCC(O)=C(N=O)C(=O)OC. The van der Waals surface area contributed by atoms with Crippen LogP contribution >= 0.6 is 0 Å². The van der Waals surface area contributed by atoms with Gasteiger partial charge in [-0.05, 0) is 5.18 Å².